The molecule has 0 radical (unpaired) electrons. The van der Waals surface area contributed by atoms with Crippen LogP contribution in [-0.2, 0) is 11.3 Å². The van der Waals surface area contributed by atoms with Crippen LogP contribution in [0.25, 0.3) is 10.9 Å². The number of halogens is 1. The lowest BCUT2D eigenvalue weighted by atomic mass is 9.86. The number of aliphatic hydroxyl groups excluding tert-OH is 1. The van der Waals surface area contributed by atoms with E-state index in [0.717, 1.165) is 5.56 Å². The number of hydrogen-bond donors (Lipinski definition) is 2. The fourth-order valence-corrected chi connectivity index (χ4v) is 4.17. The van der Waals surface area contributed by atoms with E-state index in [2.05, 4.69) is 5.32 Å². The number of fused-ring (bicyclic) bond motifs is 3. The molecule has 0 aliphatic carbocycles. The first-order valence-electron chi connectivity index (χ1n) is 10.4. The number of pyridine rings is 1. The molecule has 2 aromatic carbocycles. The summed E-state index contributed by atoms with van der Waals surface area (Å²) in [5.41, 5.74) is 0.360. The average molecular weight is 457 g/mol. The molecule has 1 aliphatic rings. The van der Waals surface area contributed by atoms with Crippen molar-refractivity contribution in [3.63, 3.8) is 0 Å². The van der Waals surface area contributed by atoms with Crippen LogP contribution in [0.5, 0.6) is 5.75 Å². The molecule has 7 nitrogen and oxygen atoms in total. The molecule has 0 saturated carbocycles. The number of nitrogens with one attached hydrogen (secondary N) is 1. The van der Waals surface area contributed by atoms with E-state index in [4.69, 9.17) is 21.1 Å². The molecule has 4 rings (SSSR count). The van der Waals surface area contributed by atoms with Crippen LogP contribution in [0, 0.1) is 0 Å². The summed E-state index contributed by atoms with van der Waals surface area (Å²) in [5.74, 6) is 0.357. The molecule has 0 unspecified atom stereocenters. The van der Waals surface area contributed by atoms with Gasteiger partial charge in [-0.2, -0.15) is 0 Å². The van der Waals surface area contributed by atoms with Crippen LogP contribution in [0.3, 0.4) is 0 Å². The van der Waals surface area contributed by atoms with Crippen LogP contribution in [0.4, 0.5) is 4.79 Å². The van der Waals surface area contributed by atoms with E-state index in [1.54, 1.807) is 37.5 Å². The number of nitrogens with zero attached hydrogens (tertiary/aromatic N) is 1. The minimum Gasteiger partial charge on any atom is -0.484 e. The number of alkyl carbamates (subject to hydrolysis) is 1. The van der Waals surface area contributed by atoms with Crippen LogP contribution < -0.4 is 15.6 Å². The topological polar surface area (TPSA) is 89.8 Å². The number of ether oxygens (including phenoxy) is 2. The maximum Gasteiger partial charge on any atom is 0.407 e. The summed E-state index contributed by atoms with van der Waals surface area (Å²) in [4.78, 5) is 26.0. The highest BCUT2D eigenvalue weighted by Gasteiger charge is 2.46. The minimum absolute atomic E-state index is 0.167. The third-order valence-corrected chi connectivity index (χ3v) is 5.92. The Morgan fingerprint density at radius 3 is 2.59 bits per heavy atom. The lowest BCUT2D eigenvalue weighted by Gasteiger charge is -2.42. The highest BCUT2D eigenvalue weighted by molar-refractivity contribution is 6.30. The Labute approximate surface area is 190 Å². The molecular formula is C24H25ClN2O5. The lowest BCUT2D eigenvalue weighted by Crippen LogP contribution is -2.55. The van der Waals surface area contributed by atoms with Gasteiger partial charge in [-0.1, -0.05) is 35.9 Å². The molecule has 1 aliphatic heterocycles. The number of amides is 1. The zero-order valence-electron chi connectivity index (χ0n) is 18.1. The van der Waals surface area contributed by atoms with Gasteiger partial charge in [-0.3, -0.25) is 4.79 Å². The summed E-state index contributed by atoms with van der Waals surface area (Å²) in [5, 5.41) is 15.0. The number of benzene rings is 2. The van der Waals surface area contributed by atoms with Gasteiger partial charge in [-0.15, -0.1) is 0 Å². The van der Waals surface area contributed by atoms with Crippen molar-refractivity contribution in [2.75, 3.05) is 6.61 Å². The van der Waals surface area contributed by atoms with Crippen molar-refractivity contribution in [3.8, 4) is 5.75 Å². The Kier molecular flexibility index (Phi) is 5.88. The Morgan fingerprint density at radius 2 is 1.91 bits per heavy atom. The predicted octanol–water partition coefficient (Wildman–Crippen LogP) is 4.02. The van der Waals surface area contributed by atoms with Crippen molar-refractivity contribution >= 4 is 28.6 Å². The first-order chi connectivity index (χ1) is 15.2. The molecular weight excluding hydrogens is 432 g/mol. The molecule has 2 heterocycles. The summed E-state index contributed by atoms with van der Waals surface area (Å²) in [7, 11) is 0. The monoisotopic (exact) mass is 456 g/mol. The Balaban J connectivity index is 1.94. The van der Waals surface area contributed by atoms with Gasteiger partial charge in [0.05, 0.1) is 30.3 Å². The van der Waals surface area contributed by atoms with E-state index in [1.165, 1.54) is 0 Å². The zero-order chi connectivity index (χ0) is 23.0. The Hall–Kier alpha value is -3.03. The van der Waals surface area contributed by atoms with E-state index in [0.29, 0.717) is 21.7 Å². The second-order valence-corrected chi connectivity index (χ2v) is 8.71. The number of aliphatic hydroxyl groups is 1. The van der Waals surface area contributed by atoms with Gasteiger partial charge in [0.15, 0.2) is 0 Å². The molecule has 1 aromatic heterocycles. The maximum absolute atomic E-state index is 13.8. The van der Waals surface area contributed by atoms with E-state index < -0.39 is 23.8 Å². The van der Waals surface area contributed by atoms with Crippen molar-refractivity contribution < 1.29 is 19.4 Å². The van der Waals surface area contributed by atoms with Gasteiger partial charge in [-0.25, -0.2) is 4.79 Å². The fraction of sp³-hybridized carbons (Fsp3) is 0.333. The first kappa shape index (κ1) is 22.2. The van der Waals surface area contributed by atoms with E-state index in [1.807, 2.05) is 36.4 Å². The van der Waals surface area contributed by atoms with Crippen LogP contribution in [0.15, 0.2) is 53.3 Å². The normalized spacial score (nSPS) is 19.2. The van der Waals surface area contributed by atoms with Gasteiger partial charge < -0.3 is 24.5 Å². The van der Waals surface area contributed by atoms with Crippen LogP contribution in [-0.4, -0.2) is 34.1 Å². The summed E-state index contributed by atoms with van der Waals surface area (Å²) in [6.45, 7) is 5.57. The van der Waals surface area contributed by atoms with E-state index in [-0.39, 0.29) is 24.3 Å². The maximum atomic E-state index is 13.8. The van der Waals surface area contributed by atoms with Crippen molar-refractivity contribution in [1.29, 1.82) is 0 Å². The van der Waals surface area contributed by atoms with E-state index >= 15 is 0 Å². The second kappa shape index (κ2) is 8.48. The fourth-order valence-electron chi connectivity index (χ4n) is 4.05. The Bertz CT molecular complexity index is 1220. The van der Waals surface area contributed by atoms with Crippen LogP contribution >= 0.6 is 11.6 Å². The molecule has 1 amide bonds. The number of rotatable bonds is 4. The minimum atomic E-state index is -1.17. The van der Waals surface area contributed by atoms with Crippen molar-refractivity contribution in [3.05, 3.63) is 75.0 Å². The molecule has 32 heavy (non-hydrogen) atoms. The van der Waals surface area contributed by atoms with Gasteiger partial charge in [0.2, 0.25) is 0 Å². The molecule has 3 aromatic rings. The molecule has 168 valence electrons. The number of hydrogen-bond acceptors (Lipinski definition) is 5. The highest BCUT2D eigenvalue weighted by atomic mass is 35.5. The molecule has 2 N–H and O–H groups in total. The Morgan fingerprint density at radius 1 is 1.22 bits per heavy atom. The van der Waals surface area contributed by atoms with Gasteiger partial charge in [0.25, 0.3) is 5.56 Å². The third kappa shape index (κ3) is 3.94. The quantitative estimate of drug-likeness (QED) is 0.618. The predicted molar refractivity (Wildman–Crippen MR) is 122 cm³/mol. The summed E-state index contributed by atoms with van der Waals surface area (Å²) in [6.07, 6.45) is -1.88. The SMILES string of the molecule is CCOC(=O)N[C@@H]1c2c(c3ccccc3n(Cc3ccc(Cl)cc3)c2=O)OC(C)(C)[C@H]1O. The molecule has 2 atom stereocenters. The van der Waals surface area contributed by atoms with E-state index in [9.17, 15) is 14.7 Å². The van der Waals surface area contributed by atoms with Crippen molar-refractivity contribution in [2.24, 2.45) is 0 Å². The van der Waals surface area contributed by atoms with Gasteiger partial charge in [0, 0.05) is 10.4 Å². The average Bonchev–Trinajstić information content (AvgIpc) is 2.75. The summed E-state index contributed by atoms with van der Waals surface area (Å²) >= 11 is 6.01. The van der Waals surface area contributed by atoms with Crippen molar-refractivity contribution in [1.82, 2.24) is 9.88 Å². The van der Waals surface area contributed by atoms with Crippen LogP contribution in [0.1, 0.15) is 37.9 Å². The largest absolute Gasteiger partial charge is 0.484 e. The van der Waals surface area contributed by atoms with Crippen molar-refractivity contribution in [2.45, 2.75) is 45.1 Å². The number of carbonyl (C=O) groups excluding carboxylic acids is 1. The zero-order valence-corrected chi connectivity index (χ0v) is 18.8. The molecule has 0 spiro atoms. The van der Waals surface area contributed by atoms with Gasteiger partial charge in [0.1, 0.15) is 17.5 Å². The first-order valence-corrected chi connectivity index (χ1v) is 10.8. The van der Waals surface area contributed by atoms with Crippen LogP contribution in [0.2, 0.25) is 5.02 Å². The summed E-state index contributed by atoms with van der Waals surface area (Å²) in [6, 6.07) is 13.7. The number of para-hydroxylation sites is 1. The smallest absolute Gasteiger partial charge is 0.407 e. The molecule has 0 saturated heterocycles. The number of carbonyl (C=O) groups is 1. The van der Waals surface area contributed by atoms with Gasteiger partial charge >= 0.3 is 6.09 Å². The molecule has 0 bridgehead atoms. The summed E-state index contributed by atoms with van der Waals surface area (Å²) < 4.78 is 12.8. The number of aromatic nitrogens is 1. The lowest BCUT2D eigenvalue weighted by molar-refractivity contribution is -0.0632. The molecule has 8 heteroatoms. The van der Waals surface area contributed by atoms with Gasteiger partial charge in [-0.05, 0) is 50.6 Å². The standard InChI is InChI=1S/C24H25ClN2O5/c1-4-31-23(30)26-19-18-20(32-24(2,3)21(19)28)16-7-5-6-8-17(16)27(22(18)29)13-14-9-11-15(25)12-10-14/h5-12,19,21,28H,4,13H2,1-3H3,(H,26,30)/t19-,21+/m1/s1. The molecule has 0 fully saturated rings. The highest BCUT2D eigenvalue weighted by Crippen LogP contribution is 2.42. The third-order valence-electron chi connectivity index (χ3n) is 5.67. The second-order valence-electron chi connectivity index (χ2n) is 8.27.